The number of ether oxygens (including phenoxy) is 1. The highest BCUT2D eigenvalue weighted by atomic mass is 32.2. The molecule has 1 saturated heterocycles. The first-order valence-electron chi connectivity index (χ1n) is 7.37. The molecule has 24 heavy (non-hydrogen) atoms. The second-order valence-corrected chi connectivity index (χ2v) is 6.18. The van der Waals surface area contributed by atoms with Gasteiger partial charge in [-0.15, -0.1) is 5.10 Å². The van der Waals surface area contributed by atoms with Crippen LogP contribution in [0.25, 0.3) is 0 Å². The standard InChI is InChI=1S/C14H15F2N5O2S/c15-9-3-4-12(11(16)6-9)17-13(22)8-24-14-18-19-20-21(14)7-10-2-1-5-23-10/h3-4,6,10H,1-2,5,7-8H2,(H,17,22). The molecule has 2 aromatic rings. The van der Waals surface area contributed by atoms with E-state index < -0.39 is 17.5 Å². The number of hydrogen-bond donors (Lipinski definition) is 1. The van der Waals surface area contributed by atoms with E-state index in [0.29, 0.717) is 17.8 Å². The van der Waals surface area contributed by atoms with Gasteiger partial charge in [0.1, 0.15) is 11.6 Å². The van der Waals surface area contributed by atoms with E-state index in [0.717, 1.165) is 37.3 Å². The van der Waals surface area contributed by atoms with E-state index in [1.54, 1.807) is 4.68 Å². The Labute approximate surface area is 140 Å². The summed E-state index contributed by atoms with van der Waals surface area (Å²) in [5, 5.41) is 14.2. The summed E-state index contributed by atoms with van der Waals surface area (Å²) >= 11 is 1.14. The molecule has 1 atom stereocenters. The minimum Gasteiger partial charge on any atom is -0.376 e. The number of anilines is 1. The van der Waals surface area contributed by atoms with Gasteiger partial charge >= 0.3 is 0 Å². The van der Waals surface area contributed by atoms with Gasteiger partial charge in [0.2, 0.25) is 11.1 Å². The van der Waals surface area contributed by atoms with Gasteiger partial charge in [-0.3, -0.25) is 4.79 Å². The molecule has 0 aliphatic carbocycles. The number of rotatable bonds is 6. The molecule has 0 bridgehead atoms. The average Bonchev–Trinajstić information content (AvgIpc) is 3.20. The van der Waals surface area contributed by atoms with Crippen LogP contribution < -0.4 is 5.32 Å². The molecule has 0 spiro atoms. The highest BCUT2D eigenvalue weighted by Gasteiger charge is 2.19. The molecule has 1 aliphatic rings. The Hall–Kier alpha value is -2.07. The van der Waals surface area contributed by atoms with Crippen LogP contribution >= 0.6 is 11.8 Å². The zero-order valence-corrected chi connectivity index (χ0v) is 13.4. The molecule has 10 heteroatoms. The van der Waals surface area contributed by atoms with Crippen molar-refractivity contribution >= 4 is 23.4 Å². The summed E-state index contributed by atoms with van der Waals surface area (Å²) in [6, 6.07) is 2.97. The minimum atomic E-state index is -0.823. The minimum absolute atomic E-state index is 0.00269. The third-order valence-electron chi connectivity index (χ3n) is 3.44. The van der Waals surface area contributed by atoms with Gasteiger partial charge < -0.3 is 10.1 Å². The summed E-state index contributed by atoms with van der Waals surface area (Å²) in [6.07, 6.45) is 2.05. The number of benzene rings is 1. The zero-order valence-electron chi connectivity index (χ0n) is 12.6. The maximum absolute atomic E-state index is 13.5. The number of aromatic nitrogens is 4. The number of hydrogen-bond acceptors (Lipinski definition) is 6. The molecule has 128 valence electrons. The molecule has 0 radical (unpaired) electrons. The van der Waals surface area contributed by atoms with Gasteiger partial charge in [0.15, 0.2) is 0 Å². The Balaban J connectivity index is 1.53. The number of thioether (sulfide) groups is 1. The third kappa shape index (κ3) is 4.26. The van der Waals surface area contributed by atoms with E-state index in [9.17, 15) is 13.6 Å². The molecule has 1 aliphatic heterocycles. The predicted molar refractivity (Wildman–Crippen MR) is 82.5 cm³/mol. The van der Waals surface area contributed by atoms with Gasteiger partial charge in [0.05, 0.1) is 24.1 Å². The first-order chi connectivity index (χ1) is 11.6. The molecule has 7 nitrogen and oxygen atoms in total. The van der Waals surface area contributed by atoms with Crippen LogP contribution in [0.3, 0.4) is 0 Å². The lowest BCUT2D eigenvalue weighted by Crippen LogP contribution is -2.18. The maximum atomic E-state index is 13.5. The van der Waals surface area contributed by atoms with Crippen LogP contribution in [0, 0.1) is 11.6 Å². The molecule has 0 saturated carbocycles. The number of tetrazole rings is 1. The van der Waals surface area contributed by atoms with Crippen LogP contribution in [0.2, 0.25) is 0 Å². The fraction of sp³-hybridized carbons (Fsp3) is 0.429. The number of carbonyl (C=O) groups excluding carboxylic acids is 1. The van der Waals surface area contributed by atoms with Crippen LogP contribution in [-0.2, 0) is 16.1 Å². The number of carbonyl (C=O) groups is 1. The molecule has 1 unspecified atom stereocenters. The van der Waals surface area contributed by atoms with Gasteiger partial charge in [0, 0.05) is 12.7 Å². The van der Waals surface area contributed by atoms with E-state index in [1.807, 2.05) is 0 Å². The Morgan fingerprint density at radius 1 is 1.46 bits per heavy atom. The van der Waals surface area contributed by atoms with Crippen molar-refractivity contribution in [2.75, 3.05) is 17.7 Å². The predicted octanol–water partition coefficient (Wildman–Crippen LogP) is 1.86. The van der Waals surface area contributed by atoms with Crippen LogP contribution in [0.1, 0.15) is 12.8 Å². The number of halogens is 2. The summed E-state index contributed by atoms with van der Waals surface area (Å²) < 4.78 is 33.5. The lowest BCUT2D eigenvalue weighted by molar-refractivity contribution is -0.113. The van der Waals surface area contributed by atoms with E-state index >= 15 is 0 Å². The Morgan fingerprint density at radius 3 is 3.08 bits per heavy atom. The van der Waals surface area contributed by atoms with E-state index in [1.165, 1.54) is 6.07 Å². The smallest absolute Gasteiger partial charge is 0.234 e. The summed E-state index contributed by atoms with van der Waals surface area (Å²) in [5.41, 5.74) is -0.0686. The first-order valence-corrected chi connectivity index (χ1v) is 8.36. The van der Waals surface area contributed by atoms with E-state index in [2.05, 4.69) is 20.8 Å². The maximum Gasteiger partial charge on any atom is 0.234 e. The molecule has 1 aromatic heterocycles. The van der Waals surface area contributed by atoms with Crippen molar-refractivity contribution in [2.24, 2.45) is 0 Å². The Morgan fingerprint density at radius 2 is 2.33 bits per heavy atom. The molecule has 2 heterocycles. The molecule has 1 N–H and O–H groups in total. The Bertz CT molecular complexity index is 721. The average molecular weight is 355 g/mol. The first kappa shape index (κ1) is 16.8. The fourth-order valence-corrected chi connectivity index (χ4v) is 2.99. The van der Waals surface area contributed by atoms with Gasteiger partial charge in [-0.25, -0.2) is 13.5 Å². The quantitative estimate of drug-likeness (QED) is 0.797. The zero-order chi connectivity index (χ0) is 16.9. The molecular weight excluding hydrogens is 340 g/mol. The highest BCUT2D eigenvalue weighted by Crippen LogP contribution is 2.19. The molecular formula is C14H15F2N5O2S. The molecule has 3 rings (SSSR count). The van der Waals surface area contributed by atoms with Crippen LogP contribution in [0.4, 0.5) is 14.5 Å². The lowest BCUT2D eigenvalue weighted by atomic mass is 10.2. The van der Waals surface area contributed by atoms with Crippen molar-refractivity contribution < 1.29 is 18.3 Å². The second-order valence-electron chi connectivity index (χ2n) is 5.24. The van der Waals surface area contributed by atoms with Crippen molar-refractivity contribution in [3.8, 4) is 0 Å². The van der Waals surface area contributed by atoms with Crippen molar-refractivity contribution in [1.82, 2.24) is 20.2 Å². The Kier molecular flexibility index (Phi) is 5.36. The highest BCUT2D eigenvalue weighted by molar-refractivity contribution is 7.99. The summed E-state index contributed by atoms with van der Waals surface area (Å²) in [7, 11) is 0. The largest absolute Gasteiger partial charge is 0.376 e. The van der Waals surface area contributed by atoms with Gasteiger partial charge in [-0.2, -0.15) is 0 Å². The normalized spacial score (nSPS) is 17.2. The molecule has 1 amide bonds. The van der Waals surface area contributed by atoms with Gasteiger partial charge in [-0.1, -0.05) is 11.8 Å². The van der Waals surface area contributed by atoms with Crippen molar-refractivity contribution in [2.45, 2.75) is 30.6 Å². The van der Waals surface area contributed by atoms with E-state index in [4.69, 9.17) is 4.74 Å². The van der Waals surface area contributed by atoms with Crippen LogP contribution in [0.15, 0.2) is 23.4 Å². The van der Waals surface area contributed by atoms with Crippen molar-refractivity contribution in [3.63, 3.8) is 0 Å². The number of nitrogens with one attached hydrogen (secondary N) is 1. The lowest BCUT2D eigenvalue weighted by Gasteiger charge is -2.10. The molecule has 1 aromatic carbocycles. The SMILES string of the molecule is O=C(CSc1nnnn1CC1CCCO1)Nc1ccc(F)cc1F. The number of amides is 1. The number of nitrogens with zero attached hydrogens (tertiary/aromatic N) is 4. The second kappa shape index (κ2) is 7.67. The van der Waals surface area contributed by atoms with Gasteiger partial charge in [0.25, 0.3) is 0 Å². The van der Waals surface area contributed by atoms with Gasteiger partial charge in [-0.05, 0) is 35.4 Å². The monoisotopic (exact) mass is 355 g/mol. The topological polar surface area (TPSA) is 81.9 Å². The third-order valence-corrected chi connectivity index (χ3v) is 4.39. The summed E-state index contributed by atoms with van der Waals surface area (Å²) in [4.78, 5) is 11.9. The summed E-state index contributed by atoms with van der Waals surface area (Å²) in [5.74, 6) is -1.95. The van der Waals surface area contributed by atoms with Crippen LogP contribution in [-0.4, -0.2) is 44.6 Å². The van der Waals surface area contributed by atoms with E-state index in [-0.39, 0.29) is 17.5 Å². The fourth-order valence-electron chi connectivity index (χ4n) is 2.30. The van der Waals surface area contributed by atoms with Crippen molar-refractivity contribution in [1.29, 1.82) is 0 Å². The van der Waals surface area contributed by atoms with Crippen molar-refractivity contribution in [3.05, 3.63) is 29.8 Å². The van der Waals surface area contributed by atoms with Crippen LogP contribution in [0.5, 0.6) is 0 Å². The summed E-state index contributed by atoms with van der Waals surface area (Å²) in [6.45, 7) is 1.27. The molecule has 1 fully saturated rings.